The topological polar surface area (TPSA) is 15.3 Å². The molecule has 1 heterocycles. The Kier molecular flexibility index (Phi) is 5.50. The largest absolute Gasteiger partial charge is 0.314 e. The van der Waals surface area contributed by atoms with Gasteiger partial charge in [0, 0.05) is 6.04 Å². The lowest BCUT2D eigenvalue weighted by Crippen LogP contribution is -2.42. The molecule has 1 saturated carbocycles. The lowest BCUT2D eigenvalue weighted by Gasteiger charge is -2.35. The van der Waals surface area contributed by atoms with Gasteiger partial charge >= 0.3 is 0 Å². The minimum absolute atomic E-state index is 0.799. The second-order valence-corrected chi connectivity index (χ2v) is 6.90. The Morgan fingerprint density at radius 1 is 1.00 bits per heavy atom. The maximum Gasteiger partial charge on any atom is 0.00722 e. The fourth-order valence-electron chi connectivity index (χ4n) is 3.95. The van der Waals surface area contributed by atoms with Crippen molar-refractivity contribution in [1.82, 2.24) is 10.2 Å². The molecule has 2 atom stereocenters. The molecule has 1 saturated heterocycles. The zero-order chi connectivity index (χ0) is 13.0. The molecule has 106 valence electrons. The minimum Gasteiger partial charge on any atom is -0.314 e. The summed E-state index contributed by atoms with van der Waals surface area (Å²) in [6, 6.07) is 0.799. The molecule has 1 N–H and O–H groups in total. The summed E-state index contributed by atoms with van der Waals surface area (Å²) in [6.07, 6.45) is 7.04. The second kappa shape index (κ2) is 6.91. The Labute approximate surface area is 114 Å². The number of nitrogens with zero attached hydrogens (tertiary/aromatic N) is 1. The second-order valence-electron chi connectivity index (χ2n) is 6.90. The summed E-state index contributed by atoms with van der Waals surface area (Å²) in [5.74, 6) is 2.78. The highest BCUT2D eigenvalue weighted by molar-refractivity contribution is 4.81. The minimum atomic E-state index is 0.799. The van der Waals surface area contributed by atoms with Crippen LogP contribution in [0.5, 0.6) is 0 Å². The first-order valence-corrected chi connectivity index (χ1v) is 8.13. The SMILES string of the molecule is CCN1CCC(CNC2CC(C)CC(C)C2)CC1. The van der Waals surface area contributed by atoms with E-state index >= 15 is 0 Å². The first kappa shape index (κ1) is 14.3. The van der Waals surface area contributed by atoms with Crippen LogP contribution in [0.4, 0.5) is 0 Å². The predicted molar refractivity (Wildman–Crippen MR) is 78.8 cm³/mol. The number of hydrogen-bond acceptors (Lipinski definition) is 2. The van der Waals surface area contributed by atoms with E-state index in [9.17, 15) is 0 Å². The van der Waals surface area contributed by atoms with Crippen LogP contribution in [0.2, 0.25) is 0 Å². The van der Waals surface area contributed by atoms with Crippen molar-refractivity contribution >= 4 is 0 Å². The quantitative estimate of drug-likeness (QED) is 0.827. The maximum absolute atomic E-state index is 3.87. The molecule has 0 spiro atoms. The average molecular weight is 252 g/mol. The van der Waals surface area contributed by atoms with Crippen LogP contribution < -0.4 is 5.32 Å². The molecule has 0 aromatic carbocycles. The van der Waals surface area contributed by atoms with Crippen molar-refractivity contribution in [2.24, 2.45) is 17.8 Å². The molecule has 0 aromatic heterocycles. The summed E-state index contributed by atoms with van der Waals surface area (Å²) in [4.78, 5) is 2.58. The van der Waals surface area contributed by atoms with E-state index in [1.807, 2.05) is 0 Å². The fourth-order valence-corrected chi connectivity index (χ4v) is 3.95. The predicted octanol–water partition coefficient (Wildman–Crippen LogP) is 3.13. The van der Waals surface area contributed by atoms with E-state index in [0.717, 1.165) is 23.8 Å². The zero-order valence-corrected chi connectivity index (χ0v) is 12.6. The van der Waals surface area contributed by atoms with E-state index < -0.39 is 0 Å². The first-order chi connectivity index (χ1) is 8.67. The van der Waals surface area contributed by atoms with Crippen molar-refractivity contribution in [1.29, 1.82) is 0 Å². The lowest BCUT2D eigenvalue weighted by atomic mass is 9.80. The number of hydrogen-bond donors (Lipinski definition) is 1. The van der Waals surface area contributed by atoms with Gasteiger partial charge in [0.05, 0.1) is 0 Å². The van der Waals surface area contributed by atoms with Crippen molar-refractivity contribution in [2.75, 3.05) is 26.2 Å². The molecule has 18 heavy (non-hydrogen) atoms. The highest BCUT2D eigenvalue weighted by Crippen LogP contribution is 2.28. The molecule has 2 aliphatic rings. The monoisotopic (exact) mass is 252 g/mol. The summed E-state index contributed by atoms with van der Waals surface area (Å²) >= 11 is 0. The molecule has 0 amide bonds. The van der Waals surface area contributed by atoms with Gasteiger partial charge in [0.15, 0.2) is 0 Å². The summed E-state index contributed by atoms with van der Waals surface area (Å²) in [5, 5.41) is 3.87. The molecule has 0 aromatic rings. The van der Waals surface area contributed by atoms with Crippen LogP contribution in [0, 0.1) is 17.8 Å². The van der Waals surface area contributed by atoms with E-state index in [1.165, 1.54) is 58.3 Å². The Balaban J connectivity index is 1.65. The van der Waals surface area contributed by atoms with Gasteiger partial charge in [-0.1, -0.05) is 20.8 Å². The molecular formula is C16H32N2. The number of nitrogens with one attached hydrogen (secondary N) is 1. The van der Waals surface area contributed by atoms with Gasteiger partial charge in [-0.3, -0.25) is 0 Å². The molecule has 2 heteroatoms. The third-order valence-electron chi connectivity index (χ3n) is 5.03. The highest BCUT2D eigenvalue weighted by atomic mass is 15.1. The molecule has 0 bridgehead atoms. The summed E-state index contributed by atoms with van der Waals surface area (Å²) in [5.41, 5.74) is 0. The molecule has 2 unspecified atom stereocenters. The summed E-state index contributed by atoms with van der Waals surface area (Å²) < 4.78 is 0. The molecule has 2 fully saturated rings. The Morgan fingerprint density at radius 3 is 2.17 bits per heavy atom. The van der Waals surface area contributed by atoms with Crippen molar-refractivity contribution in [3.63, 3.8) is 0 Å². The van der Waals surface area contributed by atoms with Crippen LogP contribution in [0.3, 0.4) is 0 Å². The number of piperidine rings is 1. The van der Waals surface area contributed by atoms with Gasteiger partial charge in [-0.25, -0.2) is 0 Å². The maximum atomic E-state index is 3.87. The smallest absolute Gasteiger partial charge is 0.00722 e. The third-order valence-corrected chi connectivity index (χ3v) is 5.03. The van der Waals surface area contributed by atoms with E-state index in [-0.39, 0.29) is 0 Å². The first-order valence-electron chi connectivity index (χ1n) is 8.13. The van der Waals surface area contributed by atoms with Gasteiger partial charge in [-0.2, -0.15) is 0 Å². The van der Waals surface area contributed by atoms with Gasteiger partial charge in [-0.15, -0.1) is 0 Å². The van der Waals surface area contributed by atoms with Crippen molar-refractivity contribution in [3.8, 4) is 0 Å². The average Bonchev–Trinajstić information content (AvgIpc) is 2.36. The van der Waals surface area contributed by atoms with Gasteiger partial charge in [-0.05, 0) is 76.0 Å². The van der Waals surface area contributed by atoms with Gasteiger partial charge in [0.2, 0.25) is 0 Å². The normalized spacial score (nSPS) is 35.8. The van der Waals surface area contributed by atoms with Crippen LogP contribution >= 0.6 is 0 Å². The number of rotatable bonds is 4. The Bertz CT molecular complexity index is 223. The van der Waals surface area contributed by atoms with Crippen LogP contribution in [0.25, 0.3) is 0 Å². The molecule has 2 nitrogen and oxygen atoms in total. The van der Waals surface area contributed by atoms with Crippen molar-refractivity contribution in [2.45, 2.75) is 58.9 Å². The van der Waals surface area contributed by atoms with E-state index in [0.29, 0.717) is 0 Å². The summed E-state index contributed by atoms with van der Waals surface area (Å²) in [7, 11) is 0. The molecule has 1 aliphatic carbocycles. The number of likely N-dealkylation sites (tertiary alicyclic amines) is 1. The zero-order valence-electron chi connectivity index (χ0n) is 12.6. The lowest BCUT2D eigenvalue weighted by molar-refractivity contribution is 0.176. The van der Waals surface area contributed by atoms with Gasteiger partial charge in [0.25, 0.3) is 0 Å². The standard InChI is InChI=1S/C16H32N2/c1-4-18-7-5-15(6-8-18)12-17-16-10-13(2)9-14(3)11-16/h13-17H,4-12H2,1-3H3. The van der Waals surface area contributed by atoms with Crippen LogP contribution in [0.15, 0.2) is 0 Å². The summed E-state index contributed by atoms with van der Waals surface area (Å²) in [6.45, 7) is 12.3. The van der Waals surface area contributed by atoms with Crippen molar-refractivity contribution < 1.29 is 0 Å². The highest BCUT2D eigenvalue weighted by Gasteiger charge is 2.25. The molecule has 1 aliphatic heterocycles. The van der Waals surface area contributed by atoms with E-state index in [2.05, 4.69) is 31.0 Å². The third kappa shape index (κ3) is 4.24. The molecular weight excluding hydrogens is 220 g/mol. The van der Waals surface area contributed by atoms with E-state index in [4.69, 9.17) is 0 Å². The molecule has 2 rings (SSSR count). The van der Waals surface area contributed by atoms with Gasteiger partial charge < -0.3 is 10.2 Å². The molecule has 0 radical (unpaired) electrons. The van der Waals surface area contributed by atoms with Crippen LogP contribution in [0.1, 0.15) is 52.9 Å². The Morgan fingerprint density at radius 2 is 1.61 bits per heavy atom. The van der Waals surface area contributed by atoms with Crippen molar-refractivity contribution in [3.05, 3.63) is 0 Å². The van der Waals surface area contributed by atoms with E-state index in [1.54, 1.807) is 0 Å². The van der Waals surface area contributed by atoms with Crippen LogP contribution in [-0.2, 0) is 0 Å². The fraction of sp³-hybridized carbons (Fsp3) is 1.00. The Hall–Kier alpha value is -0.0800. The van der Waals surface area contributed by atoms with Crippen LogP contribution in [-0.4, -0.2) is 37.1 Å². The van der Waals surface area contributed by atoms with Gasteiger partial charge in [0.1, 0.15) is 0 Å².